The van der Waals surface area contributed by atoms with E-state index in [0.29, 0.717) is 5.56 Å². The van der Waals surface area contributed by atoms with Crippen LogP contribution in [0, 0.1) is 5.82 Å². The first-order valence-corrected chi connectivity index (χ1v) is 6.68. The highest BCUT2D eigenvalue weighted by Crippen LogP contribution is 2.27. The van der Waals surface area contributed by atoms with E-state index in [0.717, 1.165) is 22.1 Å². The summed E-state index contributed by atoms with van der Waals surface area (Å²) in [6, 6.07) is 17.4. The molecule has 3 rings (SSSR count). The molecular weight excluding hydrogens is 267 g/mol. The molecule has 1 unspecified atom stereocenters. The second-order valence-electron chi connectivity index (χ2n) is 4.93. The monoisotopic (exact) mass is 282 g/mol. The zero-order chi connectivity index (χ0) is 14.8. The molecule has 3 heteroatoms. The number of ether oxygens (including phenoxy) is 1. The lowest BCUT2D eigenvalue weighted by atomic mass is 9.98. The van der Waals surface area contributed by atoms with E-state index >= 15 is 0 Å². The smallest absolute Gasteiger partial charge is 0.123 e. The molecule has 1 atom stereocenters. The molecule has 0 aliphatic rings. The quantitative estimate of drug-likeness (QED) is 0.784. The van der Waals surface area contributed by atoms with Gasteiger partial charge in [0, 0.05) is 0 Å². The van der Waals surface area contributed by atoms with Crippen LogP contribution in [0.2, 0.25) is 0 Å². The second-order valence-corrected chi connectivity index (χ2v) is 4.93. The van der Waals surface area contributed by atoms with Gasteiger partial charge in [-0.25, -0.2) is 4.39 Å². The number of rotatable bonds is 3. The number of halogens is 1. The fraction of sp³-hybridized carbons (Fsp3) is 0.111. The number of hydrogen-bond acceptors (Lipinski definition) is 2. The van der Waals surface area contributed by atoms with E-state index in [-0.39, 0.29) is 5.82 Å². The Morgan fingerprint density at radius 2 is 1.48 bits per heavy atom. The fourth-order valence-corrected chi connectivity index (χ4v) is 2.38. The van der Waals surface area contributed by atoms with Crippen molar-refractivity contribution in [2.24, 2.45) is 0 Å². The van der Waals surface area contributed by atoms with E-state index in [1.54, 1.807) is 19.2 Å². The first-order chi connectivity index (χ1) is 10.2. The highest BCUT2D eigenvalue weighted by atomic mass is 19.1. The minimum absolute atomic E-state index is 0.309. The lowest BCUT2D eigenvalue weighted by molar-refractivity contribution is 0.220. The lowest BCUT2D eigenvalue weighted by Gasteiger charge is -2.12. The summed E-state index contributed by atoms with van der Waals surface area (Å²) < 4.78 is 18.1. The van der Waals surface area contributed by atoms with E-state index in [2.05, 4.69) is 0 Å². The third-order valence-electron chi connectivity index (χ3n) is 3.57. The molecule has 0 aromatic heterocycles. The van der Waals surface area contributed by atoms with Crippen molar-refractivity contribution in [3.8, 4) is 5.75 Å². The molecule has 0 fully saturated rings. The van der Waals surface area contributed by atoms with Crippen LogP contribution in [0.15, 0.2) is 60.7 Å². The van der Waals surface area contributed by atoms with E-state index in [1.807, 2.05) is 36.4 Å². The molecule has 0 bridgehead atoms. The minimum Gasteiger partial charge on any atom is -0.497 e. The van der Waals surface area contributed by atoms with Gasteiger partial charge in [0.15, 0.2) is 0 Å². The lowest BCUT2D eigenvalue weighted by Crippen LogP contribution is -1.99. The number of fused-ring (bicyclic) bond motifs is 1. The summed E-state index contributed by atoms with van der Waals surface area (Å²) in [7, 11) is 1.63. The molecule has 3 aromatic carbocycles. The Kier molecular flexibility index (Phi) is 3.59. The van der Waals surface area contributed by atoms with Crippen molar-refractivity contribution in [1.29, 1.82) is 0 Å². The summed E-state index contributed by atoms with van der Waals surface area (Å²) in [6.45, 7) is 0. The highest BCUT2D eigenvalue weighted by Gasteiger charge is 2.11. The maximum atomic E-state index is 12.9. The normalized spacial score (nSPS) is 12.3. The summed E-state index contributed by atoms with van der Waals surface area (Å²) in [6.07, 6.45) is -0.767. The fourth-order valence-electron chi connectivity index (χ4n) is 2.38. The van der Waals surface area contributed by atoms with Gasteiger partial charge in [-0.3, -0.25) is 0 Å². The van der Waals surface area contributed by atoms with E-state index in [4.69, 9.17) is 4.74 Å². The standard InChI is InChI=1S/C18H15FO2/c1-21-17-9-6-13-10-15(3-2-14(13)11-17)18(20)12-4-7-16(19)8-5-12/h2-11,18,20H,1H3. The molecule has 0 saturated heterocycles. The largest absolute Gasteiger partial charge is 0.497 e. The van der Waals surface area contributed by atoms with Crippen molar-refractivity contribution < 1.29 is 14.2 Å². The number of benzene rings is 3. The van der Waals surface area contributed by atoms with Crippen molar-refractivity contribution in [3.05, 3.63) is 77.6 Å². The van der Waals surface area contributed by atoms with Crippen molar-refractivity contribution in [2.45, 2.75) is 6.10 Å². The maximum Gasteiger partial charge on any atom is 0.123 e. The topological polar surface area (TPSA) is 29.5 Å². The summed E-state index contributed by atoms with van der Waals surface area (Å²) in [4.78, 5) is 0. The van der Waals surface area contributed by atoms with Crippen LogP contribution in [0.25, 0.3) is 10.8 Å². The van der Waals surface area contributed by atoms with Gasteiger partial charge in [-0.2, -0.15) is 0 Å². The van der Waals surface area contributed by atoms with Crippen molar-refractivity contribution >= 4 is 10.8 Å². The molecule has 0 saturated carbocycles. The Morgan fingerprint density at radius 3 is 2.19 bits per heavy atom. The van der Waals surface area contributed by atoms with Gasteiger partial charge in [0.25, 0.3) is 0 Å². The molecule has 0 amide bonds. The van der Waals surface area contributed by atoms with Crippen LogP contribution in [-0.4, -0.2) is 12.2 Å². The predicted octanol–water partition coefficient (Wildman–Crippen LogP) is 4.07. The van der Waals surface area contributed by atoms with E-state index in [9.17, 15) is 9.50 Å². The van der Waals surface area contributed by atoms with Crippen LogP contribution >= 0.6 is 0 Å². The van der Waals surface area contributed by atoms with E-state index < -0.39 is 6.10 Å². The molecule has 3 aromatic rings. The zero-order valence-electron chi connectivity index (χ0n) is 11.6. The van der Waals surface area contributed by atoms with Gasteiger partial charge in [-0.15, -0.1) is 0 Å². The first kappa shape index (κ1) is 13.6. The number of methoxy groups -OCH3 is 1. The molecule has 21 heavy (non-hydrogen) atoms. The number of aliphatic hydroxyl groups excluding tert-OH is 1. The summed E-state index contributed by atoms with van der Waals surface area (Å²) in [5.74, 6) is 0.492. The average molecular weight is 282 g/mol. The molecule has 0 radical (unpaired) electrons. The minimum atomic E-state index is -0.767. The molecule has 0 aliphatic heterocycles. The van der Waals surface area contributed by atoms with E-state index in [1.165, 1.54) is 12.1 Å². The number of aliphatic hydroxyl groups is 1. The molecular formula is C18H15FO2. The van der Waals surface area contributed by atoms with Gasteiger partial charge < -0.3 is 9.84 Å². The Bertz CT molecular complexity index is 766. The van der Waals surface area contributed by atoms with Gasteiger partial charge in [0.05, 0.1) is 7.11 Å². The van der Waals surface area contributed by atoms with Crippen LogP contribution < -0.4 is 4.74 Å². The Balaban J connectivity index is 1.98. The zero-order valence-corrected chi connectivity index (χ0v) is 11.6. The van der Waals surface area contributed by atoms with Gasteiger partial charge in [-0.1, -0.05) is 30.3 Å². The van der Waals surface area contributed by atoms with Gasteiger partial charge in [-0.05, 0) is 52.2 Å². The van der Waals surface area contributed by atoms with Gasteiger partial charge in [0.1, 0.15) is 17.7 Å². The Hall–Kier alpha value is -2.39. The molecule has 1 N–H and O–H groups in total. The predicted molar refractivity (Wildman–Crippen MR) is 81.0 cm³/mol. The van der Waals surface area contributed by atoms with Gasteiger partial charge >= 0.3 is 0 Å². The average Bonchev–Trinajstić information content (AvgIpc) is 2.54. The van der Waals surface area contributed by atoms with Crippen LogP contribution in [0.5, 0.6) is 5.75 Å². The Morgan fingerprint density at radius 1 is 0.857 bits per heavy atom. The first-order valence-electron chi connectivity index (χ1n) is 6.68. The molecule has 0 aliphatic carbocycles. The van der Waals surface area contributed by atoms with Crippen LogP contribution in [0.1, 0.15) is 17.2 Å². The van der Waals surface area contributed by atoms with Gasteiger partial charge in [0.2, 0.25) is 0 Å². The van der Waals surface area contributed by atoms with Crippen LogP contribution in [0.4, 0.5) is 4.39 Å². The molecule has 2 nitrogen and oxygen atoms in total. The van der Waals surface area contributed by atoms with Crippen LogP contribution in [0.3, 0.4) is 0 Å². The summed E-state index contributed by atoms with van der Waals surface area (Å²) >= 11 is 0. The van der Waals surface area contributed by atoms with Crippen molar-refractivity contribution in [3.63, 3.8) is 0 Å². The third kappa shape index (κ3) is 2.73. The Labute approximate surface area is 122 Å². The molecule has 0 heterocycles. The van der Waals surface area contributed by atoms with Crippen LogP contribution in [-0.2, 0) is 0 Å². The SMILES string of the molecule is COc1ccc2cc(C(O)c3ccc(F)cc3)ccc2c1. The molecule has 106 valence electrons. The molecule has 0 spiro atoms. The third-order valence-corrected chi connectivity index (χ3v) is 3.57. The van der Waals surface area contributed by atoms with Crippen molar-refractivity contribution in [2.75, 3.05) is 7.11 Å². The van der Waals surface area contributed by atoms with Crippen molar-refractivity contribution in [1.82, 2.24) is 0 Å². The summed E-state index contributed by atoms with van der Waals surface area (Å²) in [5, 5.41) is 12.5. The summed E-state index contributed by atoms with van der Waals surface area (Å²) in [5.41, 5.74) is 1.45. The number of hydrogen-bond donors (Lipinski definition) is 1. The maximum absolute atomic E-state index is 12.9. The second kappa shape index (κ2) is 5.54. The highest BCUT2D eigenvalue weighted by molar-refractivity contribution is 5.84.